The van der Waals surface area contributed by atoms with Gasteiger partial charge in [-0.25, -0.2) is 4.39 Å². The van der Waals surface area contributed by atoms with Gasteiger partial charge in [0.1, 0.15) is 5.82 Å². The van der Waals surface area contributed by atoms with Gasteiger partial charge in [0.15, 0.2) is 0 Å². The lowest BCUT2D eigenvalue weighted by atomic mass is 10.1. The molecular weight excluding hydrogens is 281 g/mol. The molecule has 0 aliphatic rings. The minimum Gasteiger partial charge on any atom is -0.310 e. The fraction of sp³-hybridized carbons (Fsp3) is 0.333. The SMILES string of the molecule is Cc1ccc(CC(C)NCc2cc(F)ccc2Cl)s1. The van der Waals surface area contributed by atoms with Crippen LogP contribution in [-0.2, 0) is 13.0 Å². The summed E-state index contributed by atoms with van der Waals surface area (Å²) in [6, 6.07) is 9.09. The van der Waals surface area contributed by atoms with Gasteiger partial charge in [-0.2, -0.15) is 0 Å². The Hall–Kier alpha value is -0.900. The molecule has 1 aromatic heterocycles. The Morgan fingerprint density at radius 3 is 2.79 bits per heavy atom. The zero-order valence-electron chi connectivity index (χ0n) is 11.0. The van der Waals surface area contributed by atoms with Crippen LogP contribution in [0.4, 0.5) is 4.39 Å². The van der Waals surface area contributed by atoms with Crippen LogP contribution >= 0.6 is 22.9 Å². The third kappa shape index (κ3) is 4.30. The zero-order valence-corrected chi connectivity index (χ0v) is 12.6. The highest BCUT2D eigenvalue weighted by Gasteiger charge is 2.07. The molecule has 4 heteroatoms. The number of hydrogen-bond acceptors (Lipinski definition) is 2. The number of thiophene rings is 1. The molecule has 0 amide bonds. The third-order valence-corrected chi connectivity index (χ3v) is 4.34. The maximum Gasteiger partial charge on any atom is 0.123 e. The molecule has 0 saturated carbocycles. The summed E-state index contributed by atoms with van der Waals surface area (Å²) in [5, 5.41) is 3.98. The molecule has 0 spiro atoms. The highest BCUT2D eigenvalue weighted by atomic mass is 35.5. The Kier molecular flexibility index (Phi) is 4.97. The van der Waals surface area contributed by atoms with E-state index in [9.17, 15) is 4.39 Å². The molecule has 0 radical (unpaired) electrons. The van der Waals surface area contributed by atoms with Crippen LogP contribution in [0.5, 0.6) is 0 Å². The van der Waals surface area contributed by atoms with Crippen molar-refractivity contribution < 1.29 is 4.39 Å². The predicted octanol–water partition coefficient (Wildman–Crippen LogP) is 4.57. The number of nitrogens with one attached hydrogen (secondary N) is 1. The van der Waals surface area contributed by atoms with Gasteiger partial charge < -0.3 is 5.32 Å². The van der Waals surface area contributed by atoms with E-state index in [-0.39, 0.29) is 5.82 Å². The molecule has 0 aliphatic carbocycles. The van der Waals surface area contributed by atoms with E-state index in [0.29, 0.717) is 17.6 Å². The van der Waals surface area contributed by atoms with Crippen molar-refractivity contribution in [3.8, 4) is 0 Å². The third-order valence-electron chi connectivity index (χ3n) is 2.95. The number of hydrogen-bond donors (Lipinski definition) is 1. The second kappa shape index (κ2) is 6.51. The van der Waals surface area contributed by atoms with Gasteiger partial charge in [-0.3, -0.25) is 0 Å². The van der Waals surface area contributed by atoms with Crippen LogP contribution in [0.25, 0.3) is 0 Å². The van der Waals surface area contributed by atoms with E-state index in [4.69, 9.17) is 11.6 Å². The van der Waals surface area contributed by atoms with Crippen LogP contribution in [0.15, 0.2) is 30.3 Å². The maximum absolute atomic E-state index is 13.1. The van der Waals surface area contributed by atoms with E-state index >= 15 is 0 Å². The van der Waals surface area contributed by atoms with Crippen molar-refractivity contribution in [1.29, 1.82) is 0 Å². The van der Waals surface area contributed by atoms with Crippen LogP contribution in [0.2, 0.25) is 5.02 Å². The number of rotatable bonds is 5. The molecular formula is C15H17ClFNS. The first-order valence-corrected chi connectivity index (χ1v) is 7.46. The number of benzene rings is 1. The normalized spacial score (nSPS) is 12.6. The van der Waals surface area contributed by atoms with E-state index < -0.39 is 0 Å². The summed E-state index contributed by atoms with van der Waals surface area (Å²) < 4.78 is 13.1. The van der Waals surface area contributed by atoms with Crippen molar-refractivity contribution in [1.82, 2.24) is 5.32 Å². The lowest BCUT2D eigenvalue weighted by Gasteiger charge is -2.13. The minimum absolute atomic E-state index is 0.247. The number of halogens is 2. The lowest BCUT2D eigenvalue weighted by Crippen LogP contribution is -2.27. The summed E-state index contributed by atoms with van der Waals surface area (Å²) in [7, 11) is 0. The molecule has 1 nitrogen and oxygen atoms in total. The summed E-state index contributed by atoms with van der Waals surface area (Å²) in [6.45, 7) is 4.82. The van der Waals surface area contributed by atoms with Crippen LogP contribution in [0.3, 0.4) is 0 Å². The zero-order chi connectivity index (χ0) is 13.8. The summed E-state index contributed by atoms with van der Waals surface area (Å²) >= 11 is 7.86. The molecule has 1 unspecified atom stereocenters. The van der Waals surface area contributed by atoms with E-state index in [1.807, 2.05) is 11.3 Å². The second-order valence-corrected chi connectivity index (χ2v) is 6.51. The lowest BCUT2D eigenvalue weighted by molar-refractivity contribution is 0.545. The summed E-state index contributed by atoms with van der Waals surface area (Å²) in [5.41, 5.74) is 0.802. The smallest absolute Gasteiger partial charge is 0.123 e. The minimum atomic E-state index is -0.247. The molecule has 0 saturated heterocycles. The quantitative estimate of drug-likeness (QED) is 0.852. The van der Waals surface area contributed by atoms with Crippen molar-refractivity contribution in [2.24, 2.45) is 0 Å². The topological polar surface area (TPSA) is 12.0 Å². The first kappa shape index (κ1) is 14.5. The van der Waals surface area contributed by atoms with E-state index in [2.05, 4.69) is 31.3 Å². The van der Waals surface area contributed by atoms with E-state index in [1.165, 1.54) is 21.9 Å². The summed E-state index contributed by atoms with van der Waals surface area (Å²) in [6.07, 6.45) is 0.978. The molecule has 0 fully saturated rings. The van der Waals surface area contributed by atoms with Gasteiger partial charge in [0.25, 0.3) is 0 Å². The van der Waals surface area contributed by atoms with Crippen LogP contribution in [0, 0.1) is 12.7 Å². The Morgan fingerprint density at radius 2 is 2.11 bits per heavy atom. The van der Waals surface area contributed by atoms with Gasteiger partial charge >= 0.3 is 0 Å². The van der Waals surface area contributed by atoms with Crippen molar-refractivity contribution in [3.05, 3.63) is 56.5 Å². The fourth-order valence-corrected chi connectivity index (χ4v) is 3.14. The maximum atomic E-state index is 13.1. The Morgan fingerprint density at radius 1 is 1.32 bits per heavy atom. The molecule has 19 heavy (non-hydrogen) atoms. The highest BCUT2D eigenvalue weighted by Crippen LogP contribution is 2.19. The average Bonchev–Trinajstić information content (AvgIpc) is 2.76. The van der Waals surface area contributed by atoms with Gasteiger partial charge in [0, 0.05) is 27.4 Å². The standard InChI is InChI=1S/C15H17ClFNS/c1-10(7-14-5-3-11(2)19-14)18-9-12-8-13(17)4-6-15(12)16/h3-6,8,10,18H,7,9H2,1-2H3. The molecule has 0 bridgehead atoms. The van der Waals surface area contributed by atoms with E-state index in [1.54, 1.807) is 6.07 Å². The van der Waals surface area contributed by atoms with Crippen LogP contribution < -0.4 is 5.32 Å². The van der Waals surface area contributed by atoms with Gasteiger partial charge in [-0.1, -0.05) is 11.6 Å². The van der Waals surface area contributed by atoms with Gasteiger partial charge in [0.05, 0.1) is 0 Å². The van der Waals surface area contributed by atoms with E-state index in [0.717, 1.165) is 12.0 Å². The molecule has 1 aromatic carbocycles. The molecule has 1 atom stereocenters. The van der Waals surface area contributed by atoms with Crippen LogP contribution in [0.1, 0.15) is 22.2 Å². The first-order chi connectivity index (χ1) is 9.04. The van der Waals surface area contributed by atoms with Crippen molar-refractivity contribution >= 4 is 22.9 Å². The molecule has 1 N–H and O–H groups in total. The van der Waals surface area contributed by atoms with Crippen molar-refractivity contribution in [2.75, 3.05) is 0 Å². The Bertz CT molecular complexity index is 553. The summed E-state index contributed by atoms with van der Waals surface area (Å²) in [4.78, 5) is 2.69. The summed E-state index contributed by atoms with van der Waals surface area (Å²) in [5.74, 6) is -0.247. The molecule has 2 aromatic rings. The molecule has 0 aliphatic heterocycles. The Labute approximate surface area is 122 Å². The number of aryl methyl sites for hydroxylation is 1. The molecule has 2 rings (SSSR count). The van der Waals surface area contributed by atoms with Gasteiger partial charge in [0.2, 0.25) is 0 Å². The fourth-order valence-electron chi connectivity index (χ4n) is 1.93. The average molecular weight is 298 g/mol. The Balaban J connectivity index is 1.89. The highest BCUT2D eigenvalue weighted by molar-refractivity contribution is 7.11. The monoisotopic (exact) mass is 297 g/mol. The first-order valence-electron chi connectivity index (χ1n) is 6.27. The van der Waals surface area contributed by atoms with Gasteiger partial charge in [-0.15, -0.1) is 11.3 Å². The largest absolute Gasteiger partial charge is 0.310 e. The second-order valence-electron chi connectivity index (χ2n) is 4.73. The molecule has 102 valence electrons. The molecule has 1 heterocycles. The predicted molar refractivity (Wildman–Crippen MR) is 80.5 cm³/mol. The van der Waals surface area contributed by atoms with Gasteiger partial charge in [-0.05, 0) is 56.2 Å². The van der Waals surface area contributed by atoms with Crippen LogP contribution in [-0.4, -0.2) is 6.04 Å². The van der Waals surface area contributed by atoms with Crippen molar-refractivity contribution in [3.63, 3.8) is 0 Å². The van der Waals surface area contributed by atoms with Crippen molar-refractivity contribution in [2.45, 2.75) is 32.9 Å².